The van der Waals surface area contributed by atoms with Crippen LogP contribution in [0.5, 0.6) is 0 Å². The number of aromatic nitrogens is 2. The standard InChI is InChI=1S/C15H18ClN3O8/c1-6(20)24-5-10-11(25-7(2)21)12(26-8(3)22)14(27-10)19-4-9(16)13(17)18-15(19)23/h4,10-12,14H,5H2,1-3H3,(H2,17,18,23)/t10-,11+,12-,14?/m1/s1/i1D,2D,3D. The van der Waals surface area contributed by atoms with Crippen LogP contribution in [0.1, 0.15) is 31.0 Å². The molecule has 0 aromatic carbocycles. The summed E-state index contributed by atoms with van der Waals surface area (Å²) in [5.74, 6) is -3.18. The van der Waals surface area contributed by atoms with E-state index in [0.717, 1.165) is 10.8 Å². The van der Waals surface area contributed by atoms with Crippen molar-refractivity contribution in [1.82, 2.24) is 9.55 Å². The topological polar surface area (TPSA) is 149 Å². The maximum Gasteiger partial charge on any atom is 0.351 e. The first-order valence-electron chi connectivity index (χ1n) is 9.45. The van der Waals surface area contributed by atoms with Gasteiger partial charge in [0.05, 0.1) is 5.02 Å². The van der Waals surface area contributed by atoms with Crippen LogP contribution in [-0.2, 0) is 33.3 Å². The molecule has 4 atom stereocenters. The van der Waals surface area contributed by atoms with Crippen LogP contribution in [0.15, 0.2) is 11.0 Å². The number of nitrogens with zero attached hydrogens (tertiary/aromatic N) is 2. The summed E-state index contributed by atoms with van der Waals surface area (Å²) in [6.45, 7) is -2.74. The maximum absolute atomic E-state index is 12.3. The number of rotatable bonds is 5. The van der Waals surface area contributed by atoms with E-state index >= 15 is 0 Å². The lowest BCUT2D eigenvalue weighted by Crippen LogP contribution is -2.41. The number of halogens is 1. The molecule has 12 heteroatoms. The number of anilines is 1. The van der Waals surface area contributed by atoms with Crippen molar-refractivity contribution in [2.75, 3.05) is 12.3 Å². The van der Waals surface area contributed by atoms with Crippen LogP contribution in [0.2, 0.25) is 5.02 Å². The average molecular weight is 407 g/mol. The molecule has 1 aromatic rings. The maximum atomic E-state index is 12.3. The highest BCUT2D eigenvalue weighted by Crippen LogP contribution is 2.34. The number of esters is 3. The van der Waals surface area contributed by atoms with E-state index in [4.69, 9.17) is 40.4 Å². The molecule has 2 rings (SSSR count). The number of ether oxygens (including phenoxy) is 4. The van der Waals surface area contributed by atoms with Gasteiger partial charge in [0, 0.05) is 31.0 Å². The first-order chi connectivity index (χ1) is 14.2. The fourth-order valence-electron chi connectivity index (χ4n) is 2.45. The molecule has 11 nitrogen and oxygen atoms in total. The van der Waals surface area contributed by atoms with Gasteiger partial charge in [-0.3, -0.25) is 19.0 Å². The number of carbonyl (C=O) groups is 3. The van der Waals surface area contributed by atoms with Gasteiger partial charge in [-0.15, -0.1) is 0 Å². The van der Waals surface area contributed by atoms with Gasteiger partial charge < -0.3 is 24.7 Å². The fourth-order valence-corrected chi connectivity index (χ4v) is 2.60. The van der Waals surface area contributed by atoms with E-state index < -0.39 is 75.4 Å². The van der Waals surface area contributed by atoms with Gasteiger partial charge >= 0.3 is 23.6 Å². The lowest BCUT2D eigenvalue weighted by Gasteiger charge is -2.24. The number of hydrogen-bond donors (Lipinski definition) is 1. The number of carbonyl (C=O) groups excluding carboxylic acids is 3. The van der Waals surface area contributed by atoms with Crippen LogP contribution >= 0.6 is 11.6 Å². The van der Waals surface area contributed by atoms with Gasteiger partial charge in [-0.2, -0.15) is 4.98 Å². The molecule has 27 heavy (non-hydrogen) atoms. The Morgan fingerprint density at radius 2 is 1.89 bits per heavy atom. The summed E-state index contributed by atoms with van der Waals surface area (Å²) in [7, 11) is 0. The van der Waals surface area contributed by atoms with Gasteiger partial charge in [-0.05, 0) is 0 Å². The lowest BCUT2D eigenvalue weighted by molar-refractivity contribution is -0.166. The summed E-state index contributed by atoms with van der Waals surface area (Å²) in [6, 6.07) is 0. The predicted octanol–water partition coefficient (Wildman–Crippen LogP) is -0.197. The van der Waals surface area contributed by atoms with E-state index in [1.54, 1.807) is 0 Å². The molecule has 0 amide bonds. The second-order valence-corrected chi connectivity index (χ2v) is 5.73. The van der Waals surface area contributed by atoms with Crippen molar-refractivity contribution in [3.05, 3.63) is 21.7 Å². The summed E-state index contributed by atoms with van der Waals surface area (Å²) < 4.78 is 42.8. The normalized spacial score (nSPS) is 25.7. The van der Waals surface area contributed by atoms with Crippen LogP contribution in [0.25, 0.3) is 0 Å². The Bertz CT molecular complexity index is 870. The minimum atomic E-state index is -1.46. The molecule has 1 aromatic heterocycles. The molecule has 148 valence electrons. The second-order valence-electron chi connectivity index (χ2n) is 5.32. The minimum absolute atomic E-state index is 0.118. The third-order valence-electron chi connectivity index (χ3n) is 3.44. The predicted molar refractivity (Wildman–Crippen MR) is 89.6 cm³/mol. The van der Waals surface area contributed by atoms with Crippen LogP contribution in [0, 0.1) is 0 Å². The van der Waals surface area contributed by atoms with Crippen molar-refractivity contribution in [3.63, 3.8) is 0 Å². The Kier molecular flexibility index (Phi) is 5.11. The van der Waals surface area contributed by atoms with Crippen molar-refractivity contribution in [2.24, 2.45) is 0 Å². The van der Waals surface area contributed by atoms with E-state index in [-0.39, 0.29) is 10.8 Å². The summed E-state index contributed by atoms with van der Waals surface area (Å²) in [5, 5.41) is -0.118. The van der Waals surface area contributed by atoms with Crippen molar-refractivity contribution in [2.45, 2.75) is 45.2 Å². The van der Waals surface area contributed by atoms with E-state index in [1.165, 1.54) is 0 Å². The zero-order valence-corrected chi connectivity index (χ0v) is 14.6. The van der Waals surface area contributed by atoms with Gasteiger partial charge in [-0.1, -0.05) is 11.6 Å². The highest BCUT2D eigenvalue weighted by atomic mass is 35.5. The summed E-state index contributed by atoms with van der Waals surface area (Å²) in [6.07, 6.45) is -4.45. The number of nitrogen functional groups attached to an aromatic ring is 1. The van der Waals surface area contributed by atoms with Crippen LogP contribution in [-0.4, -0.2) is 52.4 Å². The number of hydrogen-bond acceptors (Lipinski definition) is 10. The SMILES string of the molecule is [2H]CC(=O)OC[C@H]1OC(n2cc(Cl)c(N)nc2=O)[C@H](OC(=O)C[2H])[C@H]1OC(=O)C[2H]. The second kappa shape index (κ2) is 8.35. The quantitative estimate of drug-likeness (QED) is 0.514. The summed E-state index contributed by atoms with van der Waals surface area (Å²) in [4.78, 5) is 50.6. The van der Waals surface area contributed by atoms with Crippen molar-refractivity contribution in [3.8, 4) is 0 Å². The minimum Gasteiger partial charge on any atom is -0.463 e. The fraction of sp³-hybridized carbons (Fsp3) is 0.533. The molecule has 0 saturated carbocycles. The van der Waals surface area contributed by atoms with Gasteiger partial charge in [0.15, 0.2) is 18.4 Å². The largest absolute Gasteiger partial charge is 0.463 e. The highest BCUT2D eigenvalue weighted by molar-refractivity contribution is 6.32. The van der Waals surface area contributed by atoms with E-state index in [2.05, 4.69) is 4.98 Å². The van der Waals surface area contributed by atoms with Crippen LogP contribution in [0.3, 0.4) is 0 Å². The molecule has 1 aliphatic rings. The van der Waals surface area contributed by atoms with Crippen LogP contribution in [0.4, 0.5) is 5.82 Å². The Morgan fingerprint density at radius 1 is 1.26 bits per heavy atom. The molecule has 2 N–H and O–H groups in total. The molecule has 1 aliphatic heterocycles. The van der Waals surface area contributed by atoms with Crippen molar-refractivity contribution < 1.29 is 37.4 Å². The zero-order chi connectivity index (χ0) is 22.4. The van der Waals surface area contributed by atoms with Gasteiger partial charge in [0.1, 0.15) is 18.5 Å². The average Bonchev–Trinajstić information content (AvgIpc) is 3.05. The highest BCUT2D eigenvalue weighted by Gasteiger charge is 2.51. The summed E-state index contributed by atoms with van der Waals surface area (Å²) >= 11 is 5.91. The third-order valence-corrected chi connectivity index (χ3v) is 3.73. The van der Waals surface area contributed by atoms with E-state index in [0.29, 0.717) is 0 Å². The molecule has 0 aliphatic carbocycles. The van der Waals surface area contributed by atoms with Crippen molar-refractivity contribution in [1.29, 1.82) is 0 Å². The molecular weight excluding hydrogens is 386 g/mol. The van der Waals surface area contributed by atoms with E-state index in [9.17, 15) is 19.2 Å². The first-order valence-corrected chi connectivity index (χ1v) is 7.71. The molecule has 1 unspecified atom stereocenters. The molecule has 2 heterocycles. The third kappa shape index (κ3) is 4.95. The van der Waals surface area contributed by atoms with Crippen molar-refractivity contribution >= 4 is 35.3 Å². The molecule has 0 spiro atoms. The summed E-state index contributed by atoms with van der Waals surface area (Å²) in [5.41, 5.74) is 4.56. The smallest absolute Gasteiger partial charge is 0.351 e. The van der Waals surface area contributed by atoms with Gasteiger partial charge in [0.2, 0.25) is 0 Å². The molecule has 1 fully saturated rings. The molecule has 0 bridgehead atoms. The monoisotopic (exact) mass is 406 g/mol. The van der Waals surface area contributed by atoms with E-state index in [1.807, 2.05) is 0 Å². The Balaban J connectivity index is 2.45. The Hall–Kier alpha value is -2.66. The van der Waals surface area contributed by atoms with Crippen LogP contribution < -0.4 is 11.4 Å². The first kappa shape index (κ1) is 16.5. The molecular formula is C15H18ClN3O8. The lowest BCUT2D eigenvalue weighted by atomic mass is 10.1. The Labute approximate surface area is 162 Å². The zero-order valence-electron chi connectivity index (χ0n) is 16.8. The van der Waals surface area contributed by atoms with Gasteiger partial charge in [-0.25, -0.2) is 4.79 Å². The molecule has 1 saturated heterocycles. The Morgan fingerprint density at radius 3 is 2.52 bits per heavy atom. The number of nitrogens with two attached hydrogens (primary N) is 1. The molecule has 0 radical (unpaired) electrons. The van der Waals surface area contributed by atoms with Gasteiger partial charge in [0.25, 0.3) is 0 Å².